The van der Waals surface area contributed by atoms with E-state index >= 15 is 0 Å². The van der Waals surface area contributed by atoms with Crippen LogP contribution in [0.1, 0.15) is 19.4 Å². The van der Waals surface area contributed by atoms with Crippen LogP contribution in [0.15, 0.2) is 24.3 Å². The van der Waals surface area contributed by atoms with E-state index in [1.54, 1.807) is 24.3 Å². The van der Waals surface area contributed by atoms with Gasteiger partial charge in [-0.2, -0.15) is 0 Å². The summed E-state index contributed by atoms with van der Waals surface area (Å²) in [6.07, 6.45) is 0.0641. The number of halogens is 1. The lowest BCUT2D eigenvalue weighted by molar-refractivity contribution is -0.148. The topological polar surface area (TPSA) is 55.4 Å². The number of carbonyl (C=O) groups excluding carboxylic acids is 2. The highest BCUT2D eigenvalue weighted by molar-refractivity contribution is 6.31. The maximum Gasteiger partial charge on any atom is 0.310 e. The van der Waals surface area contributed by atoms with E-state index in [4.69, 9.17) is 16.3 Å². The molecule has 0 unspecified atom stereocenters. The predicted molar refractivity (Wildman–Crippen MR) is 69.4 cm³/mol. The van der Waals surface area contributed by atoms with Gasteiger partial charge in [-0.3, -0.25) is 9.59 Å². The number of esters is 1. The third-order valence-corrected chi connectivity index (χ3v) is 2.48. The summed E-state index contributed by atoms with van der Waals surface area (Å²) in [6, 6.07) is 7.06. The predicted octanol–water partition coefficient (Wildman–Crippen LogP) is 1.95. The van der Waals surface area contributed by atoms with Crippen molar-refractivity contribution in [2.45, 2.75) is 26.3 Å². The Morgan fingerprint density at radius 2 is 2.00 bits per heavy atom. The summed E-state index contributed by atoms with van der Waals surface area (Å²) in [5, 5.41) is 3.15. The van der Waals surface area contributed by atoms with Crippen LogP contribution in [0.4, 0.5) is 0 Å². The largest absolute Gasteiger partial charge is 0.455 e. The lowest BCUT2D eigenvalue weighted by atomic mass is 10.1. The molecule has 0 spiro atoms. The van der Waals surface area contributed by atoms with Crippen LogP contribution in [-0.4, -0.2) is 24.5 Å². The van der Waals surface area contributed by atoms with Gasteiger partial charge < -0.3 is 10.1 Å². The van der Waals surface area contributed by atoms with Gasteiger partial charge >= 0.3 is 5.97 Å². The van der Waals surface area contributed by atoms with Crippen LogP contribution in [0, 0.1) is 0 Å². The lowest BCUT2D eigenvalue weighted by Gasteiger charge is -2.09. The average Bonchev–Trinajstić information content (AvgIpc) is 2.29. The van der Waals surface area contributed by atoms with Gasteiger partial charge in [-0.15, -0.1) is 0 Å². The summed E-state index contributed by atoms with van der Waals surface area (Å²) in [5.41, 5.74) is 0.688. The maximum atomic E-state index is 11.5. The fourth-order valence-corrected chi connectivity index (χ4v) is 1.56. The summed E-state index contributed by atoms with van der Waals surface area (Å²) in [6.45, 7) is 3.41. The van der Waals surface area contributed by atoms with Gasteiger partial charge in [0.05, 0.1) is 6.42 Å². The van der Waals surface area contributed by atoms with Gasteiger partial charge in [-0.05, 0) is 25.5 Å². The van der Waals surface area contributed by atoms with Crippen molar-refractivity contribution in [3.05, 3.63) is 34.9 Å². The number of nitrogens with one attached hydrogen (secondary N) is 1. The first-order valence-electron chi connectivity index (χ1n) is 5.67. The Morgan fingerprint density at radius 1 is 1.33 bits per heavy atom. The molecule has 0 aliphatic heterocycles. The van der Waals surface area contributed by atoms with E-state index in [0.717, 1.165) is 0 Å². The number of hydrogen-bond acceptors (Lipinski definition) is 3. The molecule has 1 aromatic rings. The van der Waals surface area contributed by atoms with E-state index in [-0.39, 0.29) is 25.0 Å². The van der Waals surface area contributed by atoms with Gasteiger partial charge in [0.2, 0.25) is 0 Å². The minimum absolute atomic E-state index is 0.0276. The van der Waals surface area contributed by atoms with Crippen molar-refractivity contribution in [3.8, 4) is 0 Å². The molecule has 0 bridgehead atoms. The number of ether oxygens (including phenoxy) is 1. The maximum absolute atomic E-state index is 11.5. The molecule has 0 aliphatic carbocycles. The molecule has 1 rings (SSSR count). The second-order valence-corrected chi connectivity index (χ2v) is 4.56. The quantitative estimate of drug-likeness (QED) is 0.832. The monoisotopic (exact) mass is 269 g/mol. The molecule has 1 N–H and O–H groups in total. The van der Waals surface area contributed by atoms with Crippen LogP contribution in [-0.2, 0) is 20.7 Å². The van der Waals surface area contributed by atoms with Crippen molar-refractivity contribution < 1.29 is 14.3 Å². The standard InChI is InChI=1S/C13H16ClNO3/c1-9(2)15-12(16)8-18-13(17)7-10-5-3-4-6-11(10)14/h3-6,9H,7-8H2,1-2H3,(H,15,16). The Hall–Kier alpha value is -1.55. The molecule has 0 saturated carbocycles. The summed E-state index contributed by atoms with van der Waals surface area (Å²) in [5.74, 6) is -0.778. The molecule has 1 aromatic carbocycles. The van der Waals surface area contributed by atoms with Crippen molar-refractivity contribution in [2.75, 3.05) is 6.61 Å². The first-order valence-corrected chi connectivity index (χ1v) is 6.05. The van der Waals surface area contributed by atoms with Gasteiger partial charge in [-0.1, -0.05) is 29.8 Å². The van der Waals surface area contributed by atoms with Gasteiger partial charge in [0, 0.05) is 11.1 Å². The molecule has 0 aromatic heterocycles. The van der Waals surface area contributed by atoms with Crippen molar-refractivity contribution in [1.82, 2.24) is 5.32 Å². The minimum atomic E-state index is -0.470. The molecule has 0 saturated heterocycles. The number of benzene rings is 1. The molecule has 1 amide bonds. The van der Waals surface area contributed by atoms with E-state index in [1.165, 1.54) is 0 Å². The molecule has 98 valence electrons. The molecule has 0 radical (unpaired) electrons. The number of hydrogen-bond donors (Lipinski definition) is 1. The molecule has 0 atom stereocenters. The van der Waals surface area contributed by atoms with Crippen molar-refractivity contribution in [1.29, 1.82) is 0 Å². The Balaban J connectivity index is 2.39. The summed E-state index contributed by atoms with van der Waals surface area (Å²) in [7, 11) is 0. The second kappa shape index (κ2) is 7.01. The highest BCUT2D eigenvalue weighted by Gasteiger charge is 2.10. The van der Waals surface area contributed by atoms with Crippen LogP contribution in [0.25, 0.3) is 0 Å². The minimum Gasteiger partial charge on any atom is -0.455 e. The molecule has 4 nitrogen and oxygen atoms in total. The van der Waals surface area contributed by atoms with Gasteiger partial charge in [0.25, 0.3) is 5.91 Å². The zero-order valence-corrected chi connectivity index (χ0v) is 11.2. The van der Waals surface area contributed by atoms with Gasteiger partial charge in [-0.25, -0.2) is 0 Å². The molecule has 0 aliphatic rings. The van der Waals surface area contributed by atoms with Gasteiger partial charge in [0.15, 0.2) is 6.61 Å². The van der Waals surface area contributed by atoms with Crippen LogP contribution in [0.2, 0.25) is 5.02 Å². The summed E-state index contributed by atoms with van der Waals surface area (Å²) in [4.78, 5) is 22.8. The first kappa shape index (κ1) is 14.5. The zero-order valence-electron chi connectivity index (χ0n) is 10.4. The molecule has 18 heavy (non-hydrogen) atoms. The normalized spacial score (nSPS) is 10.2. The highest BCUT2D eigenvalue weighted by atomic mass is 35.5. The Labute approximate surface area is 111 Å². The fourth-order valence-electron chi connectivity index (χ4n) is 1.36. The van der Waals surface area contributed by atoms with E-state index in [1.807, 2.05) is 13.8 Å². The average molecular weight is 270 g/mol. The summed E-state index contributed by atoms with van der Waals surface area (Å²) >= 11 is 5.91. The fraction of sp³-hybridized carbons (Fsp3) is 0.385. The third kappa shape index (κ3) is 5.19. The molecule has 0 heterocycles. The van der Waals surface area contributed by atoms with Crippen molar-refractivity contribution >= 4 is 23.5 Å². The summed E-state index contributed by atoms with van der Waals surface area (Å²) < 4.78 is 4.85. The molecular formula is C13H16ClNO3. The molecule has 5 heteroatoms. The number of carbonyl (C=O) groups is 2. The highest BCUT2D eigenvalue weighted by Crippen LogP contribution is 2.15. The second-order valence-electron chi connectivity index (χ2n) is 4.15. The number of amides is 1. The van der Waals surface area contributed by atoms with E-state index < -0.39 is 5.97 Å². The Kier molecular flexibility index (Phi) is 5.65. The van der Waals surface area contributed by atoms with Crippen LogP contribution in [0.3, 0.4) is 0 Å². The van der Waals surface area contributed by atoms with Crippen LogP contribution < -0.4 is 5.32 Å². The molecular weight excluding hydrogens is 254 g/mol. The molecule has 0 fully saturated rings. The van der Waals surface area contributed by atoms with Crippen molar-refractivity contribution in [2.24, 2.45) is 0 Å². The number of rotatable bonds is 5. The van der Waals surface area contributed by atoms with E-state index in [0.29, 0.717) is 10.6 Å². The zero-order chi connectivity index (χ0) is 13.5. The first-order chi connectivity index (χ1) is 8.49. The Bertz CT molecular complexity index is 432. The SMILES string of the molecule is CC(C)NC(=O)COC(=O)Cc1ccccc1Cl. The van der Waals surface area contributed by atoms with E-state index in [9.17, 15) is 9.59 Å². The smallest absolute Gasteiger partial charge is 0.310 e. The van der Waals surface area contributed by atoms with Crippen molar-refractivity contribution in [3.63, 3.8) is 0 Å². The Morgan fingerprint density at radius 3 is 2.61 bits per heavy atom. The van der Waals surface area contributed by atoms with E-state index in [2.05, 4.69) is 5.32 Å². The van der Waals surface area contributed by atoms with Crippen LogP contribution >= 0.6 is 11.6 Å². The van der Waals surface area contributed by atoms with Gasteiger partial charge in [0.1, 0.15) is 0 Å². The third-order valence-electron chi connectivity index (χ3n) is 2.11. The lowest BCUT2D eigenvalue weighted by Crippen LogP contribution is -2.34. The van der Waals surface area contributed by atoms with Crippen LogP contribution in [0.5, 0.6) is 0 Å².